The molecule has 9 nitrogen and oxygen atoms in total. The van der Waals surface area contributed by atoms with E-state index >= 15 is 0 Å². The second-order valence-electron chi connectivity index (χ2n) is 4.88. The van der Waals surface area contributed by atoms with Gasteiger partial charge in [-0.25, -0.2) is 8.78 Å². The van der Waals surface area contributed by atoms with Crippen LogP contribution in [0.5, 0.6) is 0 Å². The Morgan fingerprint density at radius 1 is 1.08 bits per heavy atom. The predicted octanol–water partition coefficient (Wildman–Crippen LogP) is 0.629. The Labute approximate surface area is 134 Å². The van der Waals surface area contributed by atoms with Crippen LogP contribution < -0.4 is 16.6 Å². The predicted molar refractivity (Wildman–Crippen MR) is 74.8 cm³/mol. The largest absolute Gasteiger partial charge is 0.384 e. The highest BCUT2D eigenvalue weighted by atomic mass is 19.2. The van der Waals surface area contributed by atoms with Crippen LogP contribution in [0.3, 0.4) is 0 Å². The third-order valence-electron chi connectivity index (χ3n) is 3.48. The molecular weight excluding hydrogens is 349 g/mol. The number of aromatic nitrogens is 1. The number of pyridine rings is 1. The number of carbonyl (C=O) groups excluding carboxylic acids is 2. The molecule has 2 amide bonds. The average molecular weight is 354 g/mol. The lowest BCUT2D eigenvalue weighted by Crippen LogP contribution is -2.26. The number of nitrogens with one attached hydrogen (secondary N) is 1. The average Bonchev–Trinajstić information content (AvgIpc) is 2.78. The molecule has 1 aromatic carbocycles. The van der Waals surface area contributed by atoms with Crippen LogP contribution in [0.2, 0.25) is 0 Å². The smallest absolute Gasteiger partial charge is 0.334 e. The molecule has 3 N–H and O–H groups in total. The Hall–Kier alpha value is -3.70. The fourth-order valence-electron chi connectivity index (χ4n) is 2.46. The van der Waals surface area contributed by atoms with Gasteiger partial charge in [0, 0.05) is 12.1 Å². The van der Waals surface area contributed by atoms with E-state index in [1.165, 1.54) is 0 Å². The van der Waals surface area contributed by atoms with Gasteiger partial charge >= 0.3 is 5.69 Å². The molecule has 0 aliphatic carbocycles. The minimum absolute atomic E-state index is 0.0119. The van der Waals surface area contributed by atoms with E-state index in [4.69, 9.17) is 5.73 Å². The van der Waals surface area contributed by atoms with Gasteiger partial charge in [0.1, 0.15) is 5.82 Å². The van der Waals surface area contributed by atoms with Crippen LogP contribution in [0.1, 0.15) is 20.7 Å². The van der Waals surface area contributed by atoms with E-state index in [0.717, 1.165) is 0 Å². The SMILES string of the molecule is Nc1c2c(cc(=O)n1-c1c(F)cc(F)c(F)c1[N+](=O)[O-])C(=O)NC2=O. The molecule has 0 bridgehead atoms. The monoisotopic (exact) mass is 354 g/mol. The first-order chi connectivity index (χ1) is 11.6. The normalized spacial score (nSPS) is 12.9. The summed E-state index contributed by atoms with van der Waals surface area (Å²) in [6.07, 6.45) is 0. The fourth-order valence-corrected chi connectivity index (χ4v) is 2.46. The Bertz CT molecular complexity index is 1060. The van der Waals surface area contributed by atoms with E-state index in [2.05, 4.69) is 0 Å². The molecule has 128 valence electrons. The van der Waals surface area contributed by atoms with E-state index in [1.54, 1.807) is 0 Å². The van der Waals surface area contributed by atoms with Crippen molar-refractivity contribution >= 4 is 23.3 Å². The molecule has 0 saturated heterocycles. The summed E-state index contributed by atoms with van der Waals surface area (Å²) in [6.45, 7) is 0. The molecule has 1 aliphatic heterocycles. The fraction of sp³-hybridized carbons (Fsp3) is 0. The van der Waals surface area contributed by atoms with Crippen molar-refractivity contribution in [3.63, 3.8) is 0 Å². The zero-order chi connectivity index (χ0) is 18.6. The molecule has 0 unspecified atom stereocenters. The number of nitrogens with zero attached hydrogens (tertiary/aromatic N) is 2. The van der Waals surface area contributed by atoms with Gasteiger partial charge in [-0.05, 0) is 0 Å². The number of amides is 2. The number of nitro benzene ring substituents is 1. The summed E-state index contributed by atoms with van der Waals surface area (Å²) < 4.78 is 41.3. The second kappa shape index (κ2) is 5.15. The number of imide groups is 1. The number of carbonyl (C=O) groups is 2. The van der Waals surface area contributed by atoms with Crippen molar-refractivity contribution in [2.45, 2.75) is 0 Å². The van der Waals surface area contributed by atoms with Gasteiger partial charge in [0.05, 0.1) is 16.1 Å². The van der Waals surface area contributed by atoms with Crippen LogP contribution in [0.15, 0.2) is 16.9 Å². The van der Waals surface area contributed by atoms with Crippen LogP contribution in [0.4, 0.5) is 24.7 Å². The van der Waals surface area contributed by atoms with Crippen molar-refractivity contribution in [2.75, 3.05) is 5.73 Å². The van der Waals surface area contributed by atoms with Gasteiger partial charge in [-0.1, -0.05) is 0 Å². The molecule has 0 spiro atoms. The minimum atomic E-state index is -2.02. The number of anilines is 1. The van der Waals surface area contributed by atoms with E-state index < -0.39 is 68.1 Å². The number of nitro groups is 1. The Kier molecular flexibility index (Phi) is 3.33. The maximum absolute atomic E-state index is 14.1. The summed E-state index contributed by atoms with van der Waals surface area (Å²) in [6, 6.07) is 0.568. The highest BCUT2D eigenvalue weighted by Gasteiger charge is 2.36. The summed E-state index contributed by atoms with van der Waals surface area (Å²) in [4.78, 5) is 45.0. The van der Waals surface area contributed by atoms with Crippen molar-refractivity contribution in [3.05, 3.63) is 61.2 Å². The Balaban J connectivity index is 2.49. The second-order valence-corrected chi connectivity index (χ2v) is 4.88. The van der Waals surface area contributed by atoms with Gasteiger partial charge in [0.15, 0.2) is 17.3 Å². The number of hydrogen-bond donors (Lipinski definition) is 2. The van der Waals surface area contributed by atoms with Crippen molar-refractivity contribution in [1.82, 2.24) is 9.88 Å². The summed E-state index contributed by atoms with van der Waals surface area (Å²) in [7, 11) is 0. The molecule has 12 heteroatoms. The van der Waals surface area contributed by atoms with E-state index in [1.807, 2.05) is 5.32 Å². The van der Waals surface area contributed by atoms with Gasteiger partial charge in [-0.2, -0.15) is 4.39 Å². The number of benzene rings is 1. The van der Waals surface area contributed by atoms with Crippen LogP contribution in [-0.4, -0.2) is 21.3 Å². The molecule has 2 aromatic rings. The van der Waals surface area contributed by atoms with E-state index in [9.17, 15) is 37.7 Å². The minimum Gasteiger partial charge on any atom is -0.384 e. The van der Waals surface area contributed by atoms with Gasteiger partial charge in [-0.15, -0.1) is 0 Å². The molecule has 25 heavy (non-hydrogen) atoms. The van der Waals surface area contributed by atoms with E-state index in [0.29, 0.717) is 6.07 Å². The first-order valence-electron chi connectivity index (χ1n) is 6.38. The molecule has 1 aromatic heterocycles. The third kappa shape index (κ3) is 2.14. The van der Waals surface area contributed by atoms with Crippen LogP contribution in [-0.2, 0) is 0 Å². The lowest BCUT2D eigenvalue weighted by molar-refractivity contribution is -0.387. The highest BCUT2D eigenvalue weighted by Crippen LogP contribution is 2.33. The molecule has 0 saturated carbocycles. The van der Waals surface area contributed by atoms with Crippen LogP contribution in [0.25, 0.3) is 5.69 Å². The number of rotatable bonds is 2. The number of fused-ring (bicyclic) bond motifs is 1. The van der Waals surface area contributed by atoms with Gasteiger partial charge in [0.2, 0.25) is 5.82 Å². The topological polar surface area (TPSA) is 137 Å². The molecular formula is C13H5F3N4O5. The number of halogens is 3. The summed E-state index contributed by atoms with van der Waals surface area (Å²) in [5.41, 5.74) is 0.400. The summed E-state index contributed by atoms with van der Waals surface area (Å²) >= 11 is 0. The molecule has 0 fully saturated rings. The van der Waals surface area contributed by atoms with Gasteiger partial charge in [-0.3, -0.25) is 34.4 Å². The van der Waals surface area contributed by atoms with Gasteiger partial charge < -0.3 is 5.73 Å². The standard InChI is InChI=1S/C13H5F3N4O5/c14-4-2-5(15)9(10(8(4)16)20(24)25)19-6(21)1-3-7(11(19)17)13(23)18-12(3)22/h1-2H,17H2,(H,18,22,23). The molecule has 2 heterocycles. The summed E-state index contributed by atoms with van der Waals surface area (Å²) in [5, 5.41) is 12.9. The zero-order valence-electron chi connectivity index (χ0n) is 11.8. The highest BCUT2D eigenvalue weighted by molar-refractivity contribution is 6.23. The molecule has 1 aliphatic rings. The van der Waals surface area contributed by atoms with Crippen molar-refractivity contribution in [3.8, 4) is 5.69 Å². The van der Waals surface area contributed by atoms with Crippen LogP contribution in [0, 0.1) is 27.6 Å². The maximum atomic E-state index is 14.1. The molecule has 3 rings (SSSR count). The lowest BCUT2D eigenvalue weighted by Gasteiger charge is -2.13. The van der Waals surface area contributed by atoms with Crippen molar-refractivity contribution < 1.29 is 27.7 Å². The molecule has 0 atom stereocenters. The molecule has 0 radical (unpaired) electrons. The number of nitrogens with two attached hydrogens (primary N) is 1. The summed E-state index contributed by atoms with van der Waals surface area (Å²) in [5.74, 6) is -8.35. The van der Waals surface area contributed by atoms with Gasteiger partial charge in [0.25, 0.3) is 17.4 Å². The third-order valence-corrected chi connectivity index (χ3v) is 3.48. The Morgan fingerprint density at radius 2 is 1.72 bits per heavy atom. The van der Waals surface area contributed by atoms with Crippen molar-refractivity contribution in [2.24, 2.45) is 0 Å². The number of nitrogen functional groups attached to an aromatic ring is 1. The van der Waals surface area contributed by atoms with Crippen molar-refractivity contribution in [1.29, 1.82) is 0 Å². The van der Waals surface area contributed by atoms with Crippen LogP contribution >= 0.6 is 0 Å². The zero-order valence-corrected chi connectivity index (χ0v) is 11.8. The first-order valence-corrected chi connectivity index (χ1v) is 6.38. The quantitative estimate of drug-likeness (QED) is 0.351. The lowest BCUT2D eigenvalue weighted by atomic mass is 10.1. The maximum Gasteiger partial charge on any atom is 0.334 e. The number of hydrogen-bond acceptors (Lipinski definition) is 6. The first kappa shape index (κ1) is 16.2. The Morgan fingerprint density at radius 3 is 2.32 bits per heavy atom. The van der Waals surface area contributed by atoms with E-state index in [-0.39, 0.29) is 10.6 Å².